The van der Waals surface area contributed by atoms with E-state index in [1.54, 1.807) is 7.11 Å². The van der Waals surface area contributed by atoms with Gasteiger partial charge in [-0.25, -0.2) is 0 Å². The molecule has 2 N–H and O–H groups in total. The monoisotopic (exact) mass is 269 g/mol. The number of nitrogen functional groups attached to an aromatic ring is 1. The summed E-state index contributed by atoms with van der Waals surface area (Å²) >= 11 is 0. The Bertz CT molecular complexity index is 627. The summed E-state index contributed by atoms with van der Waals surface area (Å²) in [6.07, 6.45) is 0. The molecule has 2 aromatic carbocycles. The van der Waals surface area contributed by atoms with Crippen LogP contribution in [0.15, 0.2) is 42.5 Å². The van der Waals surface area contributed by atoms with Crippen LogP contribution in [0.3, 0.4) is 0 Å². The van der Waals surface area contributed by atoms with Crippen LogP contribution >= 0.6 is 0 Å². The highest BCUT2D eigenvalue weighted by molar-refractivity contribution is 5.85. The first-order chi connectivity index (χ1) is 9.72. The molecule has 1 heterocycles. The Hall–Kier alpha value is -2.36. The molecule has 0 radical (unpaired) electrons. The molecule has 0 saturated carbocycles. The van der Waals surface area contributed by atoms with Gasteiger partial charge in [-0.3, -0.25) is 0 Å². The fourth-order valence-electron chi connectivity index (χ4n) is 2.70. The highest BCUT2D eigenvalue weighted by atomic mass is 16.5. The van der Waals surface area contributed by atoms with E-state index in [0.717, 1.165) is 24.5 Å². The standard InChI is InChI=1S/C16H19N3O/c1-18-10-11-19(13-7-4-3-6-12(13)18)14-8-5-9-15(20-2)16(14)17/h3-9H,10-11,17H2,1-2H3. The summed E-state index contributed by atoms with van der Waals surface area (Å²) in [4.78, 5) is 4.52. The quantitative estimate of drug-likeness (QED) is 0.851. The summed E-state index contributed by atoms with van der Waals surface area (Å²) in [5.41, 5.74) is 10.3. The third-order valence-electron chi connectivity index (χ3n) is 3.80. The first-order valence-corrected chi connectivity index (χ1v) is 6.72. The zero-order valence-corrected chi connectivity index (χ0v) is 11.8. The maximum Gasteiger partial charge on any atom is 0.143 e. The number of rotatable bonds is 2. The van der Waals surface area contributed by atoms with E-state index in [-0.39, 0.29) is 0 Å². The predicted octanol–water partition coefficient (Wildman–Crippen LogP) is 2.87. The van der Waals surface area contributed by atoms with Gasteiger partial charge in [-0.05, 0) is 24.3 Å². The zero-order valence-electron chi connectivity index (χ0n) is 11.8. The summed E-state index contributed by atoms with van der Waals surface area (Å²) < 4.78 is 5.32. The van der Waals surface area contributed by atoms with Crippen LogP contribution < -0.4 is 20.3 Å². The molecule has 0 bridgehead atoms. The molecular formula is C16H19N3O. The number of likely N-dealkylation sites (N-methyl/N-ethyl adjacent to an activating group) is 1. The van der Waals surface area contributed by atoms with Crippen molar-refractivity contribution in [1.82, 2.24) is 0 Å². The van der Waals surface area contributed by atoms with Gasteiger partial charge in [0.05, 0.1) is 29.9 Å². The lowest BCUT2D eigenvalue weighted by Gasteiger charge is -2.37. The van der Waals surface area contributed by atoms with Crippen LogP contribution in [-0.4, -0.2) is 27.2 Å². The van der Waals surface area contributed by atoms with E-state index in [9.17, 15) is 0 Å². The number of nitrogens with two attached hydrogens (primary N) is 1. The number of hydrogen-bond donors (Lipinski definition) is 1. The maximum absolute atomic E-state index is 6.24. The Morgan fingerprint density at radius 1 is 0.950 bits per heavy atom. The van der Waals surface area contributed by atoms with Crippen LogP contribution in [0.1, 0.15) is 0 Å². The minimum absolute atomic E-state index is 0.689. The number of methoxy groups -OCH3 is 1. The van der Waals surface area contributed by atoms with Crippen molar-refractivity contribution in [3.8, 4) is 5.75 Å². The number of fused-ring (bicyclic) bond motifs is 1. The second-order valence-electron chi connectivity index (χ2n) is 4.95. The van der Waals surface area contributed by atoms with Crippen LogP contribution in [0.4, 0.5) is 22.7 Å². The Morgan fingerprint density at radius 2 is 1.65 bits per heavy atom. The van der Waals surface area contributed by atoms with Gasteiger partial charge in [0.15, 0.2) is 0 Å². The molecule has 20 heavy (non-hydrogen) atoms. The summed E-state index contributed by atoms with van der Waals surface area (Å²) in [7, 11) is 3.76. The van der Waals surface area contributed by atoms with Crippen molar-refractivity contribution in [2.75, 3.05) is 42.8 Å². The van der Waals surface area contributed by atoms with Gasteiger partial charge < -0.3 is 20.3 Å². The molecule has 3 rings (SSSR count). The molecule has 4 heteroatoms. The lowest BCUT2D eigenvalue weighted by Crippen LogP contribution is -2.36. The second kappa shape index (κ2) is 4.96. The van der Waals surface area contributed by atoms with Crippen molar-refractivity contribution in [2.45, 2.75) is 0 Å². The first-order valence-electron chi connectivity index (χ1n) is 6.72. The Kier molecular flexibility index (Phi) is 3.14. The smallest absolute Gasteiger partial charge is 0.143 e. The third-order valence-corrected chi connectivity index (χ3v) is 3.80. The highest BCUT2D eigenvalue weighted by Gasteiger charge is 2.23. The average molecular weight is 269 g/mol. The van der Waals surface area contributed by atoms with E-state index in [4.69, 9.17) is 10.5 Å². The maximum atomic E-state index is 6.24. The SMILES string of the molecule is COc1cccc(N2CCN(C)c3ccccc32)c1N. The van der Waals surface area contributed by atoms with Crippen molar-refractivity contribution in [3.63, 3.8) is 0 Å². The van der Waals surface area contributed by atoms with E-state index in [2.05, 4.69) is 41.1 Å². The fourth-order valence-corrected chi connectivity index (χ4v) is 2.70. The number of benzene rings is 2. The van der Waals surface area contributed by atoms with Gasteiger partial charge in [0.1, 0.15) is 5.75 Å². The molecule has 0 aliphatic carbocycles. The van der Waals surface area contributed by atoms with Gasteiger partial charge in [0.2, 0.25) is 0 Å². The van der Waals surface area contributed by atoms with Crippen LogP contribution in [0.25, 0.3) is 0 Å². The van der Waals surface area contributed by atoms with E-state index in [0.29, 0.717) is 5.69 Å². The summed E-state index contributed by atoms with van der Waals surface area (Å²) in [5, 5.41) is 0. The molecule has 0 spiro atoms. The molecule has 0 fully saturated rings. The predicted molar refractivity (Wildman–Crippen MR) is 84.1 cm³/mol. The molecule has 1 aliphatic rings. The summed E-state index contributed by atoms with van der Waals surface area (Å²) in [6, 6.07) is 14.3. The normalized spacial score (nSPS) is 14.1. The van der Waals surface area contributed by atoms with Crippen molar-refractivity contribution < 1.29 is 4.74 Å². The molecule has 1 aliphatic heterocycles. The number of nitrogens with zero attached hydrogens (tertiary/aromatic N) is 2. The summed E-state index contributed by atoms with van der Waals surface area (Å²) in [6.45, 7) is 1.87. The van der Waals surface area contributed by atoms with Crippen molar-refractivity contribution in [2.24, 2.45) is 0 Å². The van der Waals surface area contributed by atoms with Crippen molar-refractivity contribution >= 4 is 22.7 Å². The largest absolute Gasteiger partial charge is 0.495 e. The minimum atomic E-state index is 0.689. The molecular weight excluding hydrogens is 250 g/mol. The summed E-state index contributed by atoms with van der Waals surface area (Å²) in [5.74, 6) is 0.721. The van der Waals surface area contributed by atoms with Crippen LogP contribution in [0.2, 0.25) is 0 Å². The zero-order chi connectivity index (χ0) is 14.1. The van der Waals surface area contributed by atoms with Gasteiger partial charge in [-0.15, -0.1) is 0 Å². The van der Waals surface area contributed by atoms with Gasteiger partial charge in [-0.2, -0.15) is 0 Å². The van der Waals surface area contributed by atoms with E-state index >= 15 is 0 Å². The van der Waals surface area contributed by atoms with Gasteiger partial charge in [0, 0.05) is 20.1 Å². The Labute approximate surface area is 119 Å². The Balaban J connectivity index is 2.10. The molecule has 0 amide bonds. The van der Waals surface area contributed by atoms with E-state index in [1.807, 2.05) is 18.2 Å². The molecule has 0 aromatic heterocycles. The van der Waals surface area contributed by atoms with Gasteiger partial charge >= 0.3 is 0 Å². The van der Waals surface area contributed by atoms with Gasteiger partial charge in [-0.1, -0.05) is 18.2 Å². The molecule has 0 atom stereocenters. The van der Waals surface area contributed by atoms with Gasteiger partial charge in [0.25, 0.3) is 0 Å². The van der Waals surface area contributed by atoms with Crippen LogP contribution in [0.5, 0.6) is 5.75 Å². The highest BCUT2D eigenvalue weighted by Crippen LogP contribution is 2.41. The fraction of sp³-hybridized carbons (Fsp3) is 0.250. The van der Waals surface area contributed by atoms with Crippen molar-refractivity contribution in [1.29, 1.82) is 0 Å². The Morgan fingerprint density at radius 3 is 2.40 bits per heavy atom. The lowest BCUT2D eigenvalue weighted by atomic mass is 10.1. The van der Waals surface area contributed by atoms with Crippen LogP contribution in [0, 0.1) is 0 Å². The van der Waals surface area contributed by atoms with Crippen molar-refractivity contribution in [3.05, 3.63) is 42.5 Å². The molecule has 0 saturated heterocycles. The minimum Gasteiger partial charge on any atom is -0.495 e. The number of anilines is 4. The lowest BCUT2D eigenvalue weighted by molar-refractivity contribution is 0.417. The third kappa shape index (κ3) is 1.93. The number of para-hydroxylation sites is 3. The average Bonchev–Trinajstić information content (AvgIpc) is 2.49. The van der Waals surface area contributed by atoms with E-state index < -0.39 is 0 Å². The number of ether oxygens (including phenoxy) is 1. The van der Waals surface area contributed by atoms with Crippen LogP contribution in [-0.2, 0) is 0 Å². The number of hydrogen-bond acceptors (Lipinski definition) is 4. The molecule has 104 valence electrons. The molecule has 4 nitrogen and oxygen atoms in total. The topological polar surface area (TPSA) is 41.7 Å². The molecule has 0 unspecified atom stereocenters. The van der Waals surface area contributed by atoms with E-state index in [1.165, 1.54) is 11.4 Å². The first kappa shape index (κ1) is 12.7. The second-order valence-corrected chi connectivity index (χ2v) is 4.95. The molecule has 2 aromatic rings.